The Morgan fingerprint density at radius 1 is 0.192 bits per heavy atom. The summed E-state index contributed by atoms with van der Waals surface area (Å²) in [6.45, 7) is 0. The van der Waals surface area contributed by atoms with Crippen LogP contribution in [0.25, 0.3) is 43.1 Å². The van der Waals surface area contributed by atoms with Crippen molar-refractivity contribution in [2.24, 2.45) is 0 Å². The van der Waals surface area contributed by atoms with Crippen molar-refractivity contribution in [2.75, 3.05) is 0 Å². The molecule has 0 radical (unpaired) electrons. The first-order chi connectivity index (χ1) is 43.3. The van der Waals surface area contributed by atoms with Crippen LogP contribution < -0.4 is 38.8 Å². The smallest absolute Gasteiger partial charge is 1.00 e. The van der Waals surface area contributed by atoms with Crippen LogP contribution in [-0.2, 0) is 47.4 Å². The number of rotatable bonds is 12. The van der Waals surface area contributed by atoms with Crippen LogP contribution in [0.3, 0.4) is 0 Å². The SMILES string of the molecule is FC(F)(F)C(F)(F)c1cc2ccccc2c([B-](c2c(C(F)(F)C(F)(F)F)c(C(F)(F)C(F)(F)F)cc3ccccc23)(c2c(C(F)(F)C(F)(F)F)c(C(F)(F)C(F)(F)F)cc3ccccc23)c2c(C(F)(F)C(F)(F)F)c(C(F)(F)C(F)(F)F)cc3ccccc23)c1C(F)(F)C(F)(F)F.[Br-].[Mg+2]. The third kappa shape index (κ3) is 12.1. The van der Waals surface area contributed by atoms with Crippen molar-refractivity contribution in [3.63, 3.8) is 0 Å². The molecular weight excluding hydrogens is 1550 g/mol. The second-order valence-electron chi connectivity index (χ2n) is 21.2. The van der Waals surface area contributed by atoms with Gasteiger partial charge in [-0.15, -0.1) is 0 Å². The summed E-state index contributed by atoms with van der Waals surface area (Å²) in [4.78, 5) is 0. The molecule has 99 heavy (non-hydrogen) atoms. The van der Waals surface area contributed by atoms with Gasteiger partial charge < -0.3 is 17.0 Å². The van der Waals surface area contributed by atoms with Crippen LogP contribution in [0.4, 0.5) is 176 Å². The molecule has 0 N–H and O–H groups in total. The number of fused-ring (bicyclic) bond motifs is 4. The number of benzene rings is 8. The zero-order chi connectivity index (χ0) is 74.2. The molecule has 0 aromatic heterocycles. The van der Waals surface area contributed by atoms with E-state index in [9.17, 15) is 0 Å². The van der Waals surface area contributed by atoms with Crippen LogP contribution in [0.15, 0.2) is 121 Å². The summed E-state index contributed by atoms with van der Waals surface area (Å²) < 4.78 is 652. The van der Waals surface area contributed by atoms with Crippen LogP contribution in [0, 0.1) is 0 Å². The van der Waals surface area contributed by atoms with Crippen LogP contribution in [0.1, 0.15) is 44.5 Å². The second-order valence-corrected chi connectivity index (χ2v) is 21.2. The van der Waals surface area contributed by atoms with E-state index in [0.29, 0.717) is 0 Å². The van der Waals surface area contributed by atoms with Crippen molar-refractivity contribution >= 4 is 94.1 Å². The maximum atomic E-state index is 17.9. The fourth-order valence-corrected chi connectivity index (χ4v) is 11.7. The maximum Gasteiger partial charge on any atom is 2.00 e. The van der Waals surface area contributed by atoms with Crippen molar-refractivity contribution in [3.8, 4) is 0 Å². The molecule has 0 fully saturated rings. The molecule has 0 bridgehead atoms. The number of hydrogen-bond donors (Lipinski definition) is 0. The van der Waals surface area contributed by atoms with Gasteiger partial charge in [-0.3, -0.25) is 0 Å². The van der Waals surface area contributed by atoms with Gasteiger partial charge in [0.25, 0.3) is 0 Å². The van der Waals surface area contributed by atoms with Gasteiger partial charge in [0.05, 0.1) is 0 Å². The Labute approximate surface area is 547 Å². The molecule has 0 amide bonds. The van der Waals surface area contributed by atoms with Gasteiger partial charge in [-0.05, 0) is 45.8 Å². The summed E-state index contributed by atoms with van der Waals surface area (Å²) in [5, 5.41) is -22.9. The van der Waals surface area contributed by atoms with Gasteiger partial charge >= 0.3 is 120 Å². The van der Waals surface area contributed by atoms with E-state index in [1.165, 1.54) is 0 Å². The summed E-state index contributed by atoms with van der Waals surface area (Å²) in [5.74, 6) is -67.3. The molecule has 8 aromatic carbocycles. The Kier molecular flexibility index (Phi) is 19.9. The van der Waals surface area contributed by atoms with Crippen molar-refractivity contribution < 1.29 is 193 Å². The standard InChI is InChI=1S/C56H20BF40.BrH.Mg/c58-41(59,49(74,75)76)29-17-21-9-1-5-13-25(21)37(33(29)45(66,67)53(86,87)88)57(38-26-14-6-2-10-22(26)18-30(42(60,61)50(77,78)79)34(38)46(68,69)54(89,90)91,39-27-15-7-3-11-23(27)19-31(43(62,63)51(80,81)82)35(39)47(70,71)55(92,93)94)40-28-16-8-4-12-24(28)20-32(44(64,65)52(83,84)85)36(40)48(72,73)56(95,96)97;;/h1-20H;1H;/q-1;;+2/p-1. The number of halogens is 41. The zero-order valence-electron chi connectivity index (χ0n) is 46.3. The van der Waals surface area contributed by atoms with E-state index in [-0.39, 0.29) is 88.6 Å². The van der Waals surface area contributed by atoms with Gasteiger partial charge in [0.2, 0.25) is 0 Å². The van der Waals surface area contributed by atoms with Gasteiger partial charge in [-0.25, -0.2) is 0 Å². The van der Waals surface area contributed by atoms with Crippen LogP contribution in [-0.4, -0.2) is 78.6 Å². The summed E-state index contributed by atoms with van der Waals surface area (Å²) >= 11 is 0. The minimum absolute atomic E-state index is 0. The summed E-state index contributed by atoms with van der Waals surface area (Å²) in [6, 6.07) is -12.8. The average molecular weight is 1570 g/mol. The minimum atomic E-state index is -9.45. The van der Waals surface area contributed by atoms with E-state index in [4.69, 9.17) is 0 Å². The van der Waals surface area contributed by atoms with E-state index < -0.39 is 285 Å². The van der Waals surface area contributed by atoms with E-state index >= 15 is 176 Å². The molecule has 0 saturated carbocycles. The fraction of sp³-hybridized carbons (Fsp3) is 0.286. The molecule has 536 valence electrons. The molecule has 0 spiro atoms. The summed E-state index contributed by atoms with van der Waals surface area (Å²) in [6.07, 6.45) is -76.6. The van der Waals surface area contributed by atoms with E-state index in [2.05, 4.69) is 0 Å². The molecule has 8 rings (SSSR count). The molecule has 0 atom stereocenters. The molecule has 8 aromatic rings. The van der Waals surface area contributed by atoms with Gasteiger partial charge in [0.15, 0.2) is 0 Å². The summed E-state index contributed by atoms with van der Waals surface area (Å²) in [7, 11) is 0. The zero-order valence-corrected chi connectivity index (χ0v) is 49.3. The topological polar surface area (TPSA) is 0 Å². The van der Waals surface area contributed by atoms with Gasteiger partial charge in [-0.1, -0.05) is 119 Å². The third-order valence-corrected chi connectivity index (χ3v) is 15.5. The summed E-state index contributed by atoms with van der Waals surface area (Å²) in [5.41, 5.74) is -58.3. The van der Waals surface area contributed by atoms with E-state index in [0.717, 1.165) is 0 Å². The first-order valence-corrected chi connectivity index (χ1v) is 25.3. The van der Waals surface area contributed by atoms with Crippen molar-refractivity contribution in [1.82, 2.24) is 0 Å². The first kappa shape index (κ1) is 81.3. The van der Waals surface area contributed by atoms with E-state index in [1.807, 2.05) is 0 Å². The molecule has 0 aliphatic heterocycles. The maximum absolute atomic E-state index is 17.9. The number of alkyl halides is 40. The predicted molar refractivity (Wildman–Crippen MR) is 265 cm³/mol. The van der Waals surface area contributed by atoms with Crippen LogP contribution in [0.2, 0.25) is 0 Å². The molecule has 0 nitrogen and oxygen atoms in total. The molecule has 43 heteroatoms. The van der Waals surface area contributed by atoms with Gasteiger partial charge in [0, 0.05) is 44.5 Å². The Hall–Kier alpha value is -6.69. The first-order valence-electron chi connectivity index (χ1n) is 25.3. The average Bonchev–Trinajstić information content (AvgIpc) is 0.652. The van der Waals surface area contributed by atoms with Crippen molar-refractivity contribution in [1.29, 1.82) is 0 Å². The molecule has 0 aliphatic carbocycles. The molecule has 0 heterocycles. The van der Waals surface area contributed by atoms with Crippen molar-refractivity contribution in [2.45, 2.75) is 96.8 Å². The Bertz CT molecular complexity index is 3860. The van der Waals surface area contributed by atoms with Gasteiger partial charge in [0.1, 0.15) is 6.15 Å². The Morgan fingerprint density at radius 3 is 0.455 bits per heavy atom. The Balaban J connectivity index is 0.00000773. The Morgan fingerprint density at radius 2 is 0.323 bits per heavy atom. The van der Waals surface area contributed by atoms with Gasteiger partial charge in [-0.2, -0.15) is 197 Å². The molecule has 0 saturated heterocycles. The quantitative estimate of drug-likeness (QED) is 0.0845. The van der Waals surface area contributed by atoms with E-state index in [1.54, 1.807) is 0 Å². The number of hydrogen-bond acceptors (Lipinski definition) is 0. The van der Waals surface area contributed by atoms with Crippen LogP contribution in [0.5, 0.6) is 0 Å². The second kappa shape index (κ2) is 24.2. The largest absolute Gasteiger partial charge is 2.00 e. The monoisotopic (exact) mass is 1570 g/mol. The fourth-order valence-electron chi connectivity index (χ4n) is 11.7. The molecular formula is C56H20BBrF40Mg. The van der Waals surface area contributed by atoms with Crippen molar-refractivity contribution in [3.05, 3.63) is 166 Å². The molecule has 0 unspecified atom stereocenters. The predicted octanol–water partition coefficient (Wildman–Crippen LogP) is 17.5. The minimum Gasteiger partial charge on any atom is -1.00 e. The molecule has 0 aliphatic rings. The van der Waals surface area contributed by atoms with Crippen LogP contribution >= 0.6 is 0 Å². The normalized spacial score (nSPS) is 14.7. The third-order valence-electron chi connectivity index (χ3n) is 15.5.